The normalized spacial score (nSPS) is 13.5. The molecule has 0 bridgehead atoms. The van der Waals surface area contributed by atoms with Gasteiger partial charge in [-0.05, 0) is 25.0 Å². The van der Waals surface area contributed by atoms with E-state index in [2.05, 4.69) is 25.7 Å². The third kappa shape index (κ3) is 5.18. The minimum atomic E-state index is -0.420. The lowest BCUT2D eigenvalue weighted by molar-refractivity contribution is -0.117. The summed E-state index contributed by atoms with van der Waals surface area (Å²) in [7, 11) is 3.06. The highest BCUT2D eigenvalue weighted by molar-refractivity contribution is 7.13. The number of benzene rings is 1. The van der Waals surface area contributed by atoms with Gasteiger partial charge in [0.15, 0.2) is 16.7 Å². The predicted molar refractivity (Wildman–Crippen MR) is 126 cm³/mol. The number of para-hydroxylation sites is 1. The van der Waals surface area contributed by atoms with Crippen molar-refractivity contribution in [2.24, 2.45) is 22.6 Å². The van der Waals surface area contributed by atoms with Gasteiger partial charge in [-0.25, -0.2) is 20.9 Å². The molecule has 1 saturated carbocycles. The van der Waals surface area contributed by atoms with Crippen molar-refractivity contribution in [3.63, 3.8) is 0 Å². The van der Waals surface area contributed by atoms with Crippen molar-refractivity contribution in [1.82, 2.24) is 15.1 Å². The molecule has 0 saturated heterocycles. The van der Waals surface area contributed by atoms with Gasteiger partial charge in [-0.3, -0.25) is 4.79 Å². The van der Waals surface area contributed by atoms with Crippen LogP contribution in [0.1, 0.15) is 18.4 Å². The Morgan fingerprint density at radius 2 is 2.09 bits per heavy atom. The molecule has 3 aromatic rings. The Morgan fingerprint density at radius 3 is 2.73 bits per heavy atom. The maximum Gasteiger partial charge on any atom is 0.228 e. The van der Waals surface area contributed by atoms with E-state index < -0.39 is 5.13 Å². The number of hydrazine groups is 1. The number of methoxy groups -OCH3 is 1. The summed E-state index contributed by atoms with van der Waals surface area (Å²) >= 11 is 0.890. The molecule has 2 heterocycles. The van der Waals surface area contributed by atoms with E-state index >= 15 is 0 Å². The maximum absolute atomic E-state index is 13.7. The first-order chi connectivity index (χ1) is 15.9. The Hall–Kier alpha value is -3.77. The van der Waals surface area contributed by atoms with Gasteiger partial charge < -0.3 is 21.1 Å². The molecule has 4 rings (SSSR count). The van der Waals surface area contributed by atoms with Crippen molar-refractivity contribution in [2.75, 3.05) is 24.8 Å². The number of nitrogens with two attached hydrogens (primary N) is 2. The number of hydrogen-bond donors (Lipinski definition) is 4. The van der Waals surface area contributed by atoms with Crippen LogP contribution in [0.15, 0.2) is 41.8 Å². The van der Waals surface area contributed by atoms with E-state index in [9.17, 15) is 9.18 Å². The molecule has 1 aliphatic rings. The number of aromatic nitrogens is 2. The number of hydrazone groups is 1. The van der Waals surface area contributed by atoms with Gasteiger partial charge in [-0.1, -0.05) is 17.4 Å². The van der Waals surface area contributed by atoms with Crippen molar-refractivity contribution in [1.29, 1.82) is 0 Å². The number of ether oxygens (including phenoxy) is 1. The molecular weight excluding hydrogens is 447 g/mol. The second kappa shape index (κ2) is 9.38. The van der Waals surface area contributed by atoms with Gasteiger partial charge in [-0.15, -0.1) is 5.10 Å². The second-order valence-electron chi connectivity index (χ2n) is 7.42. The van der Waals surface area contributed by atoms with Gasteiger partial charge in [0.2, 0.25) is 5.91 Å². The second-order valence-corrected chi connectivity index (χ2v) is 8.40. The number of amides is 1. The molecule has 0 unspecified atom stereocenters. The van der Waals surface area contributed by atoms with Crippen LogP contribution in [-0.4, -0.2) is 41.0 Å². The number of pyridine rings is 1. The number of nitrogens with zero attached hydrogens (tertiary/aromatic N) is 4. The van der Waals surface area contributed by atoms with Crippen LogP contribution in [-0.2, 0) is 4.79 Å². The smallest absolute Gasteiger partial charge is 0.228 e. The average molecular weight is 471 g/mol. The largest absolute Gasteiger partial charge is 0.494 e. The Morgan fingerprint density at radius 1 is 1.30 bits per heavy atom. The van der Waals surface area contributed by atoms with Crippen LogP contribution in [0, 0.1) is 11.0 Å². The van der Waals surface area contributed by atoms with E-state index in [-0.39, 0.29) is 17.7 Å². The van der Waals surface area contributed by atoms with Crippen molar-refractivity contribution < 1.29 is 13.9 Å². The van der Waals surface area contributed by atoms with Gasteiger partial charge >= 0.3 is 0 Å². The molecule has 172 valence electrons. The molecule has 6 N–H and O–H groups in total. The van der Waals surface area contributed by atoms with Gasteiger partial charge in [-0.2, -0.15) is 4.39 Å². The van der Waals surface area contributed by atoms with E-state index in [1.807, 2.05) is 0 Å². The summed E-state index contributed by atoms with van der Waals surface area (Å²) in [6.07, 6.45) is 4.43. The molecule has 1 fully saturated rings. The predicted octanol–water partition coefficient (Wildman–Crippen LogP) is 2.87. The topological polar surface area (TPSA) is 144 Å². The Balaban J connectivity index is 1.74. The zero-order chi connectivity index (χ0) is 23.5. The summed E-state index contributed by atoms with van der Waals surface area (Å²) in [5, 5.41) is 11.2. The summed E-state index contributed by atoms with van der Waals surface area (Å²) in [6.45, 7) is 0. The number of anilines is 3. The van der Waals surface area contributed by atoms with Gasteiger partial charge in [0.1, 0.15) is 10.8 Å². The molecule has 2 aromatic heterocycles. The number of nitrogens with one attached hydrogen (secondary N) is 2. The number of rotatable bonds is 8. The summed E-state index contributed by atoms with van der Waals surface area (Å²) in [4.78, 5) is 20.7. The first kappa shape index (κ1) is 22.4. The van der Waals surface area contributed by atoms with E-state index in [0.29, 0.717) is 39.1 Å². The van der Waals surface area contributed by atoms with Crippen molar-refractivity contribution in [3.8, 4) is 16.3 Å². The number of carbonyl (C=O) groups is 1. The van der Waals surface area contributed by atoms with Gasteiger partial charge in [0, 0.05) is 25.2 Å². The molecule has 1 aromatic carbocycles. The van der Waals surface area contributed by atoms with Crippen LogP contribution in [0.4, 0.5) is 21.6 Å². The third-order valence-corrected chi connectivity index (χ3v) is 5.66. The molecular formula is C21H23FN8O2S. The van der Waals surface area contributed by atoms with E-state index in [1.165, 1.54) is 7.11 Å². The number of thiazole rings is 1. The molecule has 1 amide bonds. The maximum atomic E-state index is 13.7. The van der Waals surface area contributed by atoms with Crippen LogP contribution in [0.2, 0.25) is 0 Å². The Bertz CT molecular complexity index is 1210. The summed E-state index contributed by atoms with van der Waals surface area (Å²) in [5.74, 6) is 6.50. The van der Waals surface area contributed by atoms with Crippen LogP contribution in [0.5, 0.6) is 5.75 Å². The van der Waals surface area contributed by atoms with E-state index in [4.69, 9.17) is 16.3 Å². The minimum absolute atomic E-state index is 0.0238. The average Bonchev–Trinajstić information content (AvgIpc) is 3.54. The van der Waals surface area contributed by atoms with Crippen molar-refractivity contribution >= 4 is 40.3 Å². The van der Waals surface area contributed by atoms with Crippen molar-refractivity contribution in [3.05, 3.63) is 47.4 Å². The molecule has 0 spiro atoms. The molecule has 0 aliphatic heterocycles. The quantitative estimate of drug-likeness (QED) is 0.170. The minimum Gasteiger partial charge on any atom is -0.494 e. The summed E-state index contributed by atoms with van der Waals surface area (Å²) < 4.78 is 19.3. The Kier molecular flexibility index (Phi) is 6.38. The first-order valence-electron chi connectivity index (χ1n) is 10.0. The molecule has 0 radical (unpaired) electrons. The van der Waals surface area contributed by atoms with Gasteiger partial charge in [0.25, 0.3) is 0 Å². The number of halogens is 1. The first-order valence-corrected chi connectivity index (χ1v) is 10.9. The number of carbonyl (C=O) groups excluding carboxylic acids is 1. The molecule has 1 aliphatic carbocycles. The third-order valence-electron chi connectivity index (χ3n) is 4.84. The monoisotopic (exact) mass is 470 g/mol. The fourth-order valence-corrected chi connectivity index (χ4v) is 3.84. The summed E-state index contributed by atoms with van der Waals surface area (Å²) in [5.41, 5.74) is 8.28. The van der Waals surface area contributed by atoms with Crippen LogP contribution in [0.3, 0.4) is 0 Å². The number of amidine groups is 1. The fraction of sp³-hybridized carbons (Fsp3) is 0.238. The summed E-state index contributed by atoms with van der Waals surface area (Å²) in [6, 6.07) is 6.99. The fourth-order valence-electron chi connectivity index (χ4n) is 3.18. The standard InChI is InChI=1S/C21H23FN8O2S/c1-30(24)29-19(23)12-4-3-5-14(18(12)32-2)27-15-8-17(28-20(31)11-6-7-11)25-9-13(15)21-26-10-16(22)33-21/h3-5,8-11H,6-7,24H2,1-2H3,(H2,23,29)(H2,25,27,28,31). The zero-order valence-electron chi connectivity index (χ0n) is 18.0. The molecule has 0 atom stereocenters. The van der Waals surface area contributed by atoms with Gasteiger partial charge in [0.05, 0.1) is 35.8 Å². The molecule has 12 heteroatoms. The van der Waals surface area contributed by atoms with Crippen LogP contribution >= 0.6 is 11.3 Å². The lowest BCUT2D eigenvalue weighted by Crippen LogP contribution is -2.26. The van der Waals surface area contributed by atoms with Crippen LogP contribution < -0.4 is 26.9 Å². The van der Waals surface area contributed by atoms with Crippen molar-refractivity contribution in [2.45, 2.75) is 12.8 Å². The van der Waals surface area contributed by atoms with E-state index in [0.717, 1.165) is 35.5 Å². The van der Waals surface area contributed by atoms with E-state index in [1.54, 1.807) is 37.5 Å². The zero-order valence-corrected chi connectivity index (χ0v) is 18.8. The highest BCUT2D eigenvalue weighted by atomic mass is 32.1. The Labute approximate surface area is 193 Å². The lowest BCUT2D eigenvalue weighted by atomic mass is 10.1. The SMILES string of the molecule is COc1c(Nc2cc(NC(=O)C3CC3)ncc2-c2ncc(F)s2)cccc1/C(N)=N/N(C)N. The number of hydrogen-bond acceptors (Lipinski definition) is 9. The lowest BCUT2D eigenvalue weighted by Gasteiger charge is -2.17. The molecule has 10 nitrogen and oxygen atoms in total. The highest BCUT2D eigenvalue weighted by Gasteiger charge is 2.30. The molecule has 33 heavy (non-hydrogen) atoms. The van der Waals surface area contributed by atoms with Crippen LogP contribution in [0.25, 0.3) is 10.6 Å². The highest BCUT2D eigenvalue weighted by Crippen LogP contribution is 2.38.